The monoisotopic (exact) mass is 269 g/mol. The first-order valence-corrected chi connectivity index (χ1v) is 7.44. The third-order valence-electron chi connectivity index (χ3n) is 4.75. The number of hydrogen-bond acceptors (Lipinski definition) is 4. The highest BCUT2D eigenvalue weighted by Gasteiger charge is 2.42. The van der Waals surface area contributed by atoms with Crippen LogP contribution in [0.2, 0.25) is 0 Å². The van der Waals surface area contributed by atoms with Crippen LogP contribution in [-0.4, -0.2) is 67.7 Å². The Kier molecular flexibility index (Phi) is 4.81. The summed E-state index contributed by atoms with van der Waals surface area (Å²) in [5.41, 5.74) is 5.55. The van der Waals surface area contributed by atoms with Crippen molar-refractivity contribution in [2.45, 2.75) is 32.7 Å². The maximum Gasteiger partial charge on any atom is 0.230 e. The van der Waals surface area contributed by atoms with Crippen LogP contribution in [0.3, 0.4) is 0 Å². The van der Waals surface area contributed by atoms with Gasteiger partial charge in [-0.2, -0.15) is 0 Å². The lowest BCUT2D eigenvalue weighted by molar-refractivity contribution is -0.150. The van der Waals surface area contributed by atoms with Crippen molar-refractivity contribution in [2.75, 3.05) is 45.9 Å². The lowest BCUT2D eigenvalue weighted by Crippen LogP contribution is -2.58. The summed E-state index contributed by atoms with van der Waals surface area (Å²) >= 11 is 0. The number of hydrogen-bond donors (Lipinski definition) is 1. The molecule has 1 amide bonds. The average Bonchev–Trinajstić information content (AvgIpc) is 2.47. The molecule has 2 N–H and O–H groups in total. The Hall–Kier alpha value is -0.650. The van der Waals surface area contributed by atoms with E-state index in [0.717, 1.165) is 39.0 Å². The van der Waals surface area contributed by atoms with Crippen LogP contribution in [0, 0.1) is 5.41 Å². The molecule has 0 radical (unpaired) electrons. The van der Waals surface area contributed by atoms with Crippen LogP contribution < -0.4 is 5.73 Å². The number of amides is 1. The third-order valence-corrected chi connectivity index (χ3v) is 4.75. The molecule has 0 aromatic carbocycles. The van der Waals surface area contributed by atoms with E-state index in [0.29, 0.717) is 25.8 Å². The van der Waals surface area contributed by atoms with E-state index in [1.165, 1.54) is 0 Å². The number of ether oxygens (including phenoxy) is 1. The van der Waals surface area contributed by atoms with Gasteiger partial charge < -0.3 is 15.4 Å². The van der Waals surface area contributed by atoms with Crippen LogP contribution in [0.5, 0.6) is 0 Å². The van der Waals surface area contributed by atoms with E-state index < -0.39 is 0 Å². The SMILES string of the molecule is CCN1CCN(C(=O)C2(CN)CCOCC2)CC1C. The fourth-order valence-electron chi connectivity index (χ4n) is 3.25. The first-order chi connectivity index (χ1) is 9.13. The predicted molar refractivity (Wildman–Crippen MR) is 74.8 cm³/mol. The van der Waals surface area contributed by atoms with Crippen molar-refractivity contribution in [3.8, 4) is 0 Å². The van der Waals surface area contributed by atoms with Crippen molar-refractivity contribution < 1.29 is 9.53 Å². The molecule has 19 heavy (non-hydrogen) atoms. The van der Waals surface area contributed by atoms with E-state index in [1.807, 2.05) is 4.90 Å². The maximum atomic E-state index is 12.8. The Morgan fingerprint density at radius 1 is 1.37 bits per heavy atom. The molecule has 2 fully saturated rings. The topological polar surface area (TPSA) is 58.8 Å². The lowest BCUT2D eigenvalue weighted by atomic mass is 9.78. The minimum Gasteiger partial charge on any atom is -0.381 e. The van der Waals surface area contributed by atoms with Gasteiger partial charge in [0, 0.05) is 45.4 Å². The van der Waals surface area contributed by atoms with Crippen molar-refractivity contribution in [3.05, 3.63) is 0 Å². The Balaban J connectivity index is 2.02. The first kappa shape index (κ1) is 14.8. The molecule has 2 saturated heterocycles. The molecule has 0 aliphatic carbocycles. The number of nitrogens with zero attached hydrogens (tertiary/aromatic N) is 2. The number of nitrogens with two attached hydrogens (primary N) is 1. The lowest BCUT2D eigenvalue weighted by Gasteiger charge is -2.44. The van der Waals surface area contributed by atoms with E-state index >= 15 is 0 Å². The van der Waals surface area contributed by atoms with Crippen molar-refractivity contribution in [3.63, 3.8) is 0 Å². The second-order valence-corrected chi connectivity index (χ2v) is 5.83. The molecule has 2 heterocycles. The molecule has 2 rings (SSSR count). The van der Waals surface area contributed by atoms with Crippen LogP contribution in [0.4, 0.5) is 0 Å². The minimum absolute atomic E-state index is 0.251. The second-order valence-electron chi connectivity index (χ2n) is 5.83. The number of piperazine rings is 1. The summed E-state index contributed by atoms with van der Waals surface area (Å²) in [5, 5.41) is 0. The standard InChI is InChI=1S/C14H27N3O2/c1-3-16-6-7-17(10-12(16)2)13(18)14(11-15)4-8-19-9-5-14/h12H,3-11,15H2,1-2H3. The second kappa shape index (κ2) is 6.20. The number of carbonyl (C=O) groups is 1. The summed E-state index contributed by atoms with van der Waals surface area (Å²) < 4.78 is 5.39. The van der Waals surface area contributed by atoms with Gasteiger partial charge in [-0.3, -0.25) is 9.69 Å². The molecular formula is C14H27N3O2. The molecular weight excluding hydrogens is 242 g/mol. The van der Waals surface area contributed by atoms with Gasteiger partial charge in [0.15, 0.2) is 0 Å². The average molecular weight is 269 g/mol. The molecule has 5 nitrogen and oxygen atoms in total. The molecule has 0 saturated carbocycles. The van der Waals surface area contributed by atoms with Crippen LogP contribution in [0.1, 0.15) is 26.7 Å². The van der Waals surface area contributed by atoms with E-state index in [9.17, 15) is 4.79 Å². The molecule has 0 aromatic rings. The molecule has 110 valence electrons. The molecule has 1 atom stereocenters. The zero-order valence-electron chi connectivity index (χ0n) is 12.2. The van der Waals surface area contributed by atoms with Crippen LogP contribution in [-0.2, 0) is 9.53 Å². The highest BCUT2D eigenvalue weighted by Crippen LogP contribution is 2.32. The van der Waals surface area contributed by atoms with Gasteiger partial charge in [-0.15, -0.1) is 0 Å². The molecule has 0 aromatic heterocycles. The molecule has 2 aliphatic rings. The van der Waals surface area contributed by atoms with Gasteiger partial charge in [0.05, 0.1) is 5.41 Å². The quantitative estimate of drug-likeness (QED) is 0.800. The summed E-state index contributed by atoms with van der Waals surface area (Å²) in [5.74, 6) is 0.251. The van der Waals surface area contributed by atoms with Crippen LogP contribution in [0.25, 0.3) is 0 Å². The fraction of sp³-hybridized carbons (Fsp3) is 0.929. The van der Waals surface area contributed by atoms with Crippen molar-refractivity contribution in [1.82, 2.24) is 9.80 Å². The summed E-state index contributed by atoms with van der Waals surface area (Å²) in [6.45, 7) is 9.82. The fourth-order valence-corrected chi connectivity index (χ4v) is 3.25. The van der Waals surface area contributed by atoms with Gasteiger partial charge in [0.1, 0.15) is 0 Å². The highest BCUT2D eigenvalue weighted by atomic mass is 16.5. The Morgan fingerprint density at radius 3 is 2.58 bits per heavy atom. The van der Waals surface area contributed by atoms with Crippen LogP contribution in [0.15, 0.2) is 0 Å². The van der Waals surface area contributed by atoms with Gasteiger partial charge in [0.2, 0.25) is 5.91 Å². The summed E-state index contributed by atoms with van der Waals surface area (Å²) in [7, 11) is 0. The highest BCUT2D eigenvalue weighted by molar-refractivity contribution is 5.83. The minimum atomic E-state index is -0.369. The smallest absolute Gasteiger partial charge is 0.230 e. The number of rotatable bonds is 3. The van der Waals surface area contributed by atoms with Gasteiger partial charge in [-0.1, -0.05) is 6.92 Å². The van der Waals surface area contributed by atoms with Crippen molar-refractivity contribution in [1.29, 1.82) is 0 Å². The number of carbonyl (C=O) groups excluding carboxylic acids is 1. The summed E-state index contributed by atoms with van der Waals surface area (Å²) in [6, 6.07) is 0.442. The zero-order valence-corrected chi connectivity index (χ0v) is 12.2. The largest absolute Gasteiger partial charge is 0.381 e. The van der Waals surface area contributed by atoms with Gasteiger partial charge in [-0.05, 0) is 26.3 Å². The van der Waals surface area contributed by atoms with Crippen molar-refractivity contribution >= 4 is 5.91 Å². The van der Waals surface area contributed by atoms with E-state index in [1.54, 1.807) is 0 Å². The Labute approximate surface area is 116 Å². The van der Waals surface area contributed by atoms with Gasteiger partial charge in [-0.25, -0.2) is 0 Å². The maximum absolute atomic E-state index is 12.8. The van der Waals surface area contributed by atoms with E-state index in [2.05, 4.69) is 18.7 Å². The Morgan fingerprint density at radius 2 is 2.05 bits per heavy atom. The normalized spacial score (nSPS) is 28.4. The van der Waals surface area contributed by atoms with Gasteiger partial charge in [0.25, 0.3) is 0 Å². The molecule has 5 heteroatoms. The third kappa shape index (κ3) is 2.93. The zero-order chi connectivity index (χ0) is 13.9. The Bertz CT molecular complexity index is 316. The predicted octanol–water partition coefficient (Wildman–Crippen LogP) is 0.295. The van der Waals surface area contributed by atoms with Crippen LogP contribution >= 0.6 is 0 Å². The van der Waals surface area contributed by atoms with Crippen molar-refractivity contribution in [2.24, 2.45) is 11.1 Å². The van der Waals surface area contributed by atoms with E-state index in [4.69, 9.17) is 10.5 Å². The first-order valence-electron chi connectivity index (χ1n) is 7.44. The summed E-state index contributed by atoms with van der Waals surface area (Å²) in [6.07, 6.45) is 1.54. The molecule has 2 aliphatic heterocycles. The van der Waals surface area contributed by atoms with Gasteiger partial charge >= 0.3 is 0 Å². The number of likely N-dealkylation sites (N-methyl/N-ethyl adjacent to an activating group) is 1. The molecule has 1 unspecified atom stereocenters. The summed E-state index contributed by atoms with van der Waals surface area (Å²) in [4.78, 5) is 17.3. The van der Waals surface area contributed by atoms with E-state index in [-0.39, 0.29) is 11.3 Å². The molecule has 0 bridgehead atoms. The molecule has 0 spiro atoms.